The third-order valence-electron chi connectivity index (χ3n) is 2.75. The van der Waals surface area contributed by atoms with Crippen LogP contribution in [0.1, 0.15) is 29.5 Å². The summed E-state index contributed by atoms with van der Waals surface area (Å²) in [6.45, 7) is 1.65. The molecule has 0 aliphatic carbocycles. The molecule has 0 unspecified atom stereocenters. The fraction of sp³-hybridized carbons (Fsp3) is 0.214. The quantitative estimate of drug-likeness (QED) is 0.728. The highest BCUT2D eigenvalue weighted by molar-refractivity contribution is 6.30. The average molecular weight is 303 g/mol. The van der Waals surface area contributed by atoms with Crippen LogP contribution >= 0.6 is 11.6 Å². The van der Waals surface area contributed by atoms with Gasteiger partial charge in [-0.3, -0.25) is 4.79 Å². The Morgan fingerprint density at radius 3 is 2.55 bits per heavy atom. The van der Waals surface area contributed by atoms with E-state index in [1.807, 2.05) is 0 Å². The zero-order valence-electron chi connectivity index (χ0n) is 10.4. The van der Waals surface area contributed by atoms with Crippen molar-refractivity contribution in [3.63, 3.8) is 0 Å². The highest BCUT2D eigenvalue weighted by Gasteiger charge is 2.34. The number of furan rings is 1. The maximum atomic E-state index is 13.0. The van der Waals surface area contributed by atoms with Gasteiger partial charge < -0.3 is 4.42 Å². The van der Waals surface area contributed by atoms with Crippen molar-refractivity contribution in [3.8, 4) is 11.3 Å². The molecule has 2 rings (SSSR count). The summed E-state index contributed by atoms with van der Waals surface area (Å²) < 4.78 is 44.1. The first-order valence-corrected chi connectivity index (χ1v) is 6.21. The van der Waals surface area contributed by atoms with E-state index in [-0.39, 0.29) is 34.3 Å². The number of halogens is 4. The predicted molar refractivity (Wildman–Crippen MR) is 68.8 cm³/mol. The fourth-order valence-corrected chi connectivity index (χ4v) is 1.94. The Hall–Kier alpha value is -1.75. The number of hydrogen-bond donors (Lipinski definition) is 0. The van der Waals surface area contributed by atoms with Gasteiger partial charge in [0, 0.05) is 17.0 Å². The van der Waals surface area contributed by atoms with Crippen molar-refractivity contribution in [2.75, 3.05) is 0 Å². The maximum Gasteiger partial charge on any atom is 0.417 e. The Morgan fingerprint density at radius 1 is 1.25 bits per heavy atom. The van der Waals surface area contributed by atoms with E-state index < -0.39 is 11.7 Å². The van der Waals surface area contributed by atoms with Gasteiger partial charge in [-0.15, -0.1) is 0 Å². The molecule has 0 amide bonds. The SMILES string of the molecule is CCC(=O)c1ccc(-c2ccc(Cl)cc2C(F)(F)F)o1. The van der Waals surface area contributed by atoms with Gasteiger partial charge in [-0.05, 0) is 30.3 Å². The van der Waals surface area contributed by atoms with Gasteiger partial charge in [0.1, 0.15) is 5.76 Å². The average Bonchev–Trinajstić information content (AvgIpc) is 2.86. The molecule has 2 nitrogen and oxygen atoms in total. The number of alkyl halides is 3. The molecule has 20 heavy (non-hydrogen) atoms. The van der Waals surface area contributed by atoms with Crippen molar-refractivity contribution in [2.45, 2.75) is 19.5 Å². The van der Waals surface area contributed by atoms with E-state index in [1.165, 1.54) is 24.3 Å². The summed E-state index contributed by atoms with van der Waals surface area (Å²) in [6.07, 6.45) is -4.33. The summed E-state index contributed by atoms with van der Waals surface area (Å²) in [4.78, 5) is 11.5. The Balaban J connectivity index is 2.53. The lowest BCUT2D eigenvalue weighted by atomic mass is 10.1. The van der Waals surface area contributed by atoms with E-state index in [0.29, 0.717) is 0 Å². The molecule has 0 saturated heterocycles. The topological polar surface area (TPSA) is 30.2 Å². The van der Waals surface area contributed by atoms with Crippen LogP contribution in [-0.4, -0.2) is 5.78 Å². The Kier molecular flexibility index (Phi) is 3.90. The molecule has 0 fully saturated rings. The zero-order chi connectivity index (χ0) is 14.9. The summed E-state index contributed by atoms with van der Waals surface area (Å²) in [6, 6.07) is 6.12. The molecule has 6 heteroatoms. The van der Waals surface area contributed by atoms with Crippen molar-refractivity contribution in [1.82, 2.24) is 0 Å². The minimum absolute atomic E-state index is 0.00853. The second-order valence-corrected chi connectivity index (χ2v) is 4.56. The summed E-state index contributed by atoms with van der Waals surface area (Å²) in [5, 5.41) is -0.0162. The van der Waals surface area contributed by atoms with E-state index in [1.54, 1.807) is 6.92 Å². The molecule has 106 valence electrons. The van der Waals surface area contributed by atoms with Gasteiger partial charge in [0.2, 0.25) is 0 Å². The van der Waals surface area contributed by atoms with Crippen molar-refractivity contribution < 1.29 is 22.4 Å². The number of rotatable bonds is 3. The van der Waals surface area contributed by atoms with Crippen LogP contribution in [0.15, 0.2) is 34.7 Å². The van der Waals surface area contributed by atoms with Crippen LogP contribution in [0.2, 0.25) is 5.02 Å². The molecular formula is C14H10ClF3O2. The van der Waals surface area contributed by atoms with Gasteiger partial charge >= 0.3 is 6.18 Å². The summed E-state index contributed by atoms with van der Waals surface area (Å²) in [5.41, 5.74) is -1.04. The van der Waals surface area contributed by atoms with Crippen LogP contribution < -0.4 is 0 Å². The molecular weight excluding hydrogens is 293 g/mol. The van der Waals surface area contributed by atoms with E-state index in [2.05, 4.69) is 0 Å². The predicted octanol–water partition coefficient (Wildman–Crippen LogP) is 5.21. The molecule has 0 aliphatic heterocycles. The fourth-order valence-electron chi connectivity index (χ4n) is 1.77. The molecule has 0 radical (unpaired) electrons. The third-order valence-corrected chi connectivity index (χ3v) is 2.99. The lowest BCUT2D eigenvalue weighted by molar-refractivity contribution is -0.137. The van der Waals surface area contributed by atoms with Crippen LogP contribution in [0, 0.1) is 0 Å². The van der Waals surface area contributed by atoms with Crippen molar-refractivity contribution in [2.24, 2.45) is 0 Å². The van der Waals surface area contributed by atoms with Crippen LogP contribution in [-0.2, 0) is 6.18 Å². The van der Waals surface area contributed by atoms with Gasteiger partial charge in [-0.2, -0.15) is 13.2 Å². The van der Waals surface area contributed by atoms with Crippen LogP contribution in [0.25, 0.3) is 11.3 Å². The molecule has 0 saturated carbocycles. The smallest absolute Gasteiger partial charge is 0.417 e. The molecule has 0 atom stereocenters. The third kappa shape index (κ3) is 2.88. The number of Topliss-reactive ketones (excluding diaryl/α,β-unsaturated/α-hetero) is 1. The molecule has 1 aromatic heterocycles. The minimum Gasteiger partial charge on any atom is -0.453 e. The molecule has 0 bridgehead atoms. The normalized spacial score (nSPS) is 11.7. The van der Waals surface area contributed by atoms with Gasteiger partial charge in [0.25, 0.3) is 0 Å². The Bertz CT molecular complexity index is 644. The largest absolute Gasteiger partial charge is 0.453 e. The molecule has 1 aromatic carbocycles. The first-order chi connectivity index (χ1) is 9.32. The first kappa shape index (κ1) is 14.7. The van der Waals surface area contributed by atoms with Gasteiger partial charge in [0.15, 0.2) is 11.5 Å². The lowest BCUT2D eigenvalue weighted by Gasteiger charge is -2.11. The Morgan fingerprint density at radius 2 is 1.95 bits per heavy atom. The summed E-state index contributed by atoms with van der Waals surface area (Å²) >= 11 is 5.60. The zero-order valence-corrected chi connectivity index (χ0v) is 11.2. The number of benzene rings is 1. The highest BCUT2D eigenvalue weighted by atomic mass is 35.5. The van der Waals surface area contributed by atoms with Gasteiger partial charge in [-0.25, -0.2) is 0 Å². The maximum absolute atomic E-state index is 13.0. The Labute approximate surface area is 118 Å². The number of ketones is 1. The second kappa shape index (κ2) is 5.32. The van der Waals surface area contributed by atoms with Crippen molar-refractivity contribution in [1.29, 1.82) is 0 Å². The van der Waals surface area contributed by atoms with Crippen LogP contribution in [0.3, 0.4) is 0 Å². The van der Waals surface area contributed by atoms with Gasteiger partial charge in [0.05, 0.1) is 5.56 Å². The second-order valence-electron chi connectivity index (χ2n) is 4.13. The number of carbonyl (C=O) groups is 1. The molecule has 0 N–H and O–H groups in total. The highest BCUT2D eigenvalue weighted by Crippen LogP contribution is 2.39. The van der Waals surface area contributed by atoms with E-state index >= 15 is 0 Å². The molecule has 0 spiro atoms. The number of carbonyl (C=O) groups excluding carboxylic acids is 1. The molecule has 0 aliphatic rings. The molecule has 1 heterocycles. The summed E-state index contributed by atoms with van der Waals surface area (Å²) in [7, 11) is 0. The molecule has 2 aromatic rings. The van der Waals surface area contributed by atoms with E-state index in [9.17, 15) is 18.0 Å². The monoisotopic (exact) mass is 302 g/mol. The van der Waals surface area contributed by atoms with E-state index in [0.717, 1.165) is 6.07 Å². The summed E-state index contributed by atoms with van der Waals surface area (Å²) in [5.74, 6) is -0.227. The van der Waals surface area contributed by atoms with E-state index in [4.69, 9.17) is 16.0 Å². The van der Waals surface area contributed by atoms with Crippen LogP contribution in [0.5, 0.6) is 0 Å². The number of hydrogen-bond acceptors (Lipinski definition) is 2. The lowest BCUT2D eigenvalue weighted by Crippen LogP contribution is -2.06. The van der Waals surface area contributed by atoms with Crippen molar-refractivity contribution in [3.05, 3.63) is 46.7 Å². The standard InChI is InChI=1S/C14H10ClF3O2/c1-2-11(19)13-6-5-12(20-13)9-4-3-8(15)7-10(9)14(16,17)18/h3-7H,2H2,1H3. The van der Waals surface area contributed by atoms with Gasteiger partial charge in [-0.1, -0.05) is 18.5 Å². The minimum atomic E-state index is -4.55. The first-order valence-electron chi connectivity index (χ1n) is 5.83. The van der Waals surface area contributed by atoms with Crippen molar-refractivity contribution >= 4 is 17.4 Å². The van der Waals surface area contributed by atoms with Crippen LogP contribution in [0.4, 0.5) is 13.2 Å².